The van der Waals surface area contributed by atoms with Crippen molar-refractivity contribution >= 4 is 25.6 Å². The molecule has 0 rings (SSSR count). The van der Waals surface area contributed by atoms with Crippen LogP contribution in [0.5, 0.6) is 0 Å². The van der Waals surface area contributed by atoms with E-state index in [1.165, 1.54) is 23.9 Å². The number of likely N-dealkylation sites (N-methyl/N-ethyl adjacent to an activating group) is 2. The zero-order valence-electron chi connectivity index (χ0n) is 12.0. The molecule has 2 N–H and O–H groups in total. The molecule has 1 atom stereocenters. The summed E-state index contributed by atoms with van der Waals surface area (Å²) in [6.45, 7) is 3.77. The van der Waals surface area contributed by atoms with Crippen molar-refractivity contribution < 1.29 is 14.4 Å². The Hall–Kier alpha value is -1.53. The molecule has 7 heteroatoms. The third-order valence-corrected chi connectivity index (χ3v) is 2.86. The predicted octanol–water partition coefficient (Wildman–Crippen LogP) is -0.610. The molecule has 0 aromatic heterocycles. The van der Waals surface area contributed by atoms with Gasteiger partial charge in [0, 0.05) is 14.1 Å². The molecule has 106 valence electrons. The van der Waals surface area contributed by atoms with Gasteiger partial charge in [-0.3, -0.25) is 14.4 Å². The van der Waals surface area contributed by atoms with E-state index in [0.717, 1.165) is 0 Å². The largest absolute Gasteiger partial charge is 0.368 e. The molecule has 19 heavy (non-hydrogen) atoms. The van der Waals surface area contributed by atoms with Gasteiger partial charge in [0.05, 0.1) is 14.4 Å². The number of carbonyl (C=O) groups excluding carboxylic acids is 3. The Balaban J connectivity index is 4.67. The van der Waals surface area contributed by atoms with Crippen molar-refractivity contribution in [1.82, 2.24) is 9.80 Å². The maximum atomic E-state index is 12.0. The maximum absolute atomic E-state index is 12.0. The summed E-state index contributed by atoms with van der Waals surface area (Å²) in [6, 6.07) is -0.658. The zero-order chi connectivity index (χ0) is 15.2. The van der Waals surface area contributed by atoms with E-state index in [1.54, 1.807) is 0 Å². The van der Waals surface area contributed by atoms with Crippen LogP contribution in [-0.2, 0) is 14.4 Å². The van der Waals surface area contributed by atoms with Gasteiger partial charge in [0.25, 0.3) is 0 Å². The summed E-state index contributed by atoms with van der Waals surface area (Å²) in [4.78, 5) is 37.2. The number of primary amides is 1. The molecule has 0 aromatic rings. The van der Waals surface area contributed by atoms with E-state index in [9.17, 15) is 14.4 Å². The number of rotatable bonds is 7. The van der Waals surface area contributed by atoms with E-state index >= 15 is 0 Å². The fourth-order valence-corrected chi connectivity index (χ4v) is 1.64. The summed E-state index contributed by atoms with van der Waals surface area (Å²) in [6.07, 6.45) is 0.338. The fraction of sp³-hybridized carbons (Fsp3) is 0.750. The number of nitrogens with zero attached hydrogens (tertiary/aromatic N) is 2. The first-order chi connectivity index (χ1) is 8.70. The van der Waals surface area contributed by atoms with Gasteiger partial charge in [-0.2, -0.15) is 0 Å². The molecule has 0 aliphatic carbocycles. The second-order valence-electron chi connectivity index (χ2n) is 5.01. The Morgan fingerprint density at radius 2 is 1.68 bits per heavy atom. The Morgan fingerprint density at radius 3 is 2.05 bits per heavy atom. The smallest absolute Gasteiger partial charge is 0.242 e. The highest BCUT2D eigenvalue weighted by Gasteiger charge is 2.26. The number of hydrogen-bond donors (Lipinski definition) is 1. The molecule has 0 fully saturated rings. The molecule has 0 aliphatic rings. The second kappa shape index (κ2) is 7.81. The molecule has 0 aromatic carbocycles. The Labute approximate surface area is 115 Å². The Kier molecular flexibility index (Phi) is 7.18. The molecular weight excluding hydrogens is 245 g/mol. The highest BCUT2D eigenvalue weighted by molar-refractivity contribution is 6.19. The molecule has 0 saturated heterocycles. The van der Waals surface area contributed by atoms with Crippen LogP contribution in [0.3, 0.4) is 0 Å². The van der Waals surface area contributed by atoms with Crippen LogP contribution >= 0.6 is 0 Å². The van der Waals surface area contributed by atoms with Crippen LogP contribution in [-0.4, -0.2) is 62.0 Å². The monoisotopic (exact) mass is 267 g/mol. The summed E-state index contributed by atoms with van der Waals surface area (Å²) in [7, 11) is 8.21. The summed E-state index contributed by atoms with van der Waals surface area (Å²) in [5, 5.41) is 0. The van der Waals surface area contributed by atoms with Crippen LogP contribution in [0.1, 0.15) is 20.3 Å². The highest BCUT2D eigenvalue weighted by Crippen LogP contribution is 2.10. The van der Waals surface area contributed by atoms with Crippen molar-refractivity contribution in [2.75, 3.05) is 20.6 Å². The van der Waals surface area contributed by atoms with Gasteiger partial charge < -0.3 is 15.5 Å². The number of amides is 3. The maximum Gasteiger partial charge on any atom is 0.242 e. The number of hydrogen-bond acceptors (Lipinski definition) is 3. The first-order valence-corrected chi connectivity index (χ1v) is 6.19. The van der Waals surface area contributed by atoms with Gasteiger partial charge in [-0.15, -0.1) is 0 Å². The van der Waals surface area contributed by atoms with Crippen LogP contribution in [0.4, 0.5) is 0 Å². The quantitative estimate of drug-likeness (QED) is 0.624. The van der Waals surface area contributed by atoms with Crippen molar-refractivity contribution in [3.05, 3.63) is 0 Å². The first kappa shape index (κ1) is 17.5. The minimum atomic E-state index is -0.658. The minimum Gasteiger partial charge on any atom is -0.368 e. The highest BCUT2D eigenvalue weighted by atomic mass is 16.2. The summed E-state index contributed by atoms with van der Waals surface area (Å²) in [5.41, 5.74) is 5.31. The normalized spacial score (nSPS) is 12.1. The van der Waals surface area contributed by atoms with Crippen LogP contribution in [0.2, 0.25) is 6.32 Å². The van der Waals surface area contributed by atoms with E-state index in [1.807, 2.05) is 13.8 Å². The fourth-order valence-electron chi connectivity index (χ4n) is 1.64. The van der Waals surface area contributed by atoms with Gasteiger partial charge in [-0.25, -0.2) is 0 Å². The van der Waals surface area contributed by atoms with Gasteiger partial charge in [0.15, 0.2) is 0 Å². The molecule has 6 nitrogen and oxygen atoms in total. The summed E-state index contributed by atoms with van der Waals surface area (Å²) < 4.78 is 0. The van der Waals surface area contributed by atoms with E-state index < -0.39 is 11.9 Å². The van der Waals surface area contributed by atoms with Crippen molar-refractivity contribution in [2.24, 2.45) is 11.7 Å². The van der Waals surface area contributed by atoms with E-state index in [-0.39, 0.29) is 30.6 Å². The average molecular weight is 267 g/mol. The Morgan fingerprint density at radius 1 is 1.16 bits per heavy atom. The van der Waals surface area contributed by atoms with Gasteiger partial charge in [-0.1, -0.05) is 13.8 Å². The van der Waals surface area contributed by atoms with Gasteiger partial charge >= 0.3 is 0 Å². The molecule has 0 bridgehead atoms. The molecule has 2 radical (unpaired) electrons. The van der Waals surface area contributed by atoms with Crippen LogP contribution in [0.15, 0.2) is 0 Å². The third kappa shape index (κ3) is 5.76. The lowest BCUT2D eigenvalue weighted by Crippen LogP contribution is -2.49. The third-order valence-electron chi connectivity index (χ3n) is 2.86. The lowest BCUT2D eigenvalue weighted by atomic mass is 10.0. The van der Waals surface area contributed by atoms with Crippen LogP contribution in [0.25, 0.3) is 0 Å². The molecular formula is C12H22BN3O3. The molecule has 3 amide bonds. The van der Waals surface area contributed by atoms with E-state index in [0.29, 0.717) is 6.42 Å². The lowest BCUT2D eigenvalue weighted by molar-refractivity contribution is -0.142. The van der Waals surface area contributed by atoms with Crippen LogP contribution in [0, 0.1) is 5.92 Å². The zero-order valence-corrected chi connectivity index (χ0v) is 12.0. The first-order valence-electron chi connectivity index (χ1n) is 6.19. The lowest BCUT2D eigenvalue weighted by Gasteiger charge is -2.28. The molecule has 0 unspecified atom stereocenters. The second-order valence-corrected chi connectivity index (χ2v) is 5.01. The SMILES string of the molecule is [B]CC(=O)N(C)CC(=O)N(C)[C@@H](CC(C)C)C(N)=O. The van der Waals surface area contributed by atoms with Crippen molar-refractivity contribution in [1.29, 1.82) is 0 Å². The molecule has 0 spiro atoms. The van der Waals surface area contributed by atoms with E-state index in [4.69, 9.17) is 13.6 Å². The molecule has 0 heterocycles. The molecule has 0 aliphatic heterocycles. The summed E-state index contributed by atoms with van der Waals surface area (Å²) in [5.74, 6) is -0.983. The standard InChI is InChI=1S/C12H22BN3O3/c1-8(2)5-9(12(14)19)16(4)11(18)7-15(3)10(17)6-13/h8-9H,5-7H2,1-4H3,(H2,14,19)/t9-/m0/s1. The number of nitrogens with two attached hydrogens (primary N) is 1. The number of carbonyl (C=O) groups is 3. The topological polar surface area (TPSA) is 83.7 Å². The predicted molar refractivity (Wildman–Crippen MR) is 73.4 cm³/mol. The average Bonchev–Trinajstić information content (AvgIpc) is 2.33. The molecule has 0 saturated carbocycles. The minimum absolute atomic E-state index is 0.117. The summed E-state index contributed by atoms with van der Waals surface area (Å²) >= 11 is 0. The van der Waals surface area contributed by atoms with Crippen molar-refractivity contribution in [3.63, 3.8) is 0 Å². The van der Waals surface area contributed by atoms with Crippen molar-refractivity contribution in [3.8, 4) is 0 Å². The van der Waals surface area contributed by atoms with Crippen LogP contribution < -0.4 is 5.73 Å². The van der Waals surface area contributed by atoms with Crippen molar-refractivity contribution in [2.45, 2.75) is 32.6 Å². The van der Waals surface area contributed by atoms with Gasteiger partial charge in [0.1, 0.15) is 6.04 Å². The van der Waals surface area contributed by atoms with Gasteiger partial charge in [-0.05, 0) is 18.7 Å². The van der Waals surface area contributed by atoms with Gasteiger partial charge in [0.2, 0.25) is 17.7 Å². The van der Waals surface area contributed by atoms with E-state index in [2.05, 4.69) is 0 Å². The Bertz CT molecular complexity index is 347.